The molecule has 0 radical (unpaired) electrons. The monoisotopic (exact) mass is 396 g/mol. The molecule has 3 aromatic rings. The Labute approximate surface area is 178 Å². The molecule has 4 nitrogen and oxygen atoms in total. The number of aliphatic imine (C=N–C) groups is 2. The Kier molecular flexibility index (Phi) is 7.11. The number of nitrogens with zero attached hydrogens (tertiary/aromatic N) is 3. The van der Waals surface area contributed by atoms with Crippen LogP contribution in [0, 0.1) is 17.2 Å². The van der Waals surface area contributed by atoms with Crippen LogP contribution in [0.2, 0.25) is 0 Å². The minimum Gasteiger partial charge on any atom is -0.326 e. The van der Waals surface area contributed by atoms with Crippen LogP contribution in [-0.2, 0) is 13.0 Å². The molecule has 30 heavy (non-hydrogen) atoms. The van der Waals surface area contributed by atoms with E-state index in [4.69, 9.17) is 5.73 Å². The molecule has 0 unspecified atom stereocenters. The molecule has 0 aliphatic rings. The first kappa shape index (κ1) is 21.4. The predicted molar refractivity (Wildman–Crippen MR) is 126 cm³/mol. The van der Waals surface area contributed by atoms with Crippen molar-refractivity contribution in [3.63, 3.8) is 0 Å². The molecule has 0 aliphatic carbocycles. The van der Waals surface area contributed by atoms with Gasteiger partial charge in [-0.2, -0.15) is 5.26 Å². The van der Waals surface area contributed by atoms with E-state index in [1.807, 2.05) is 36.5 Å². The Balaban J connectivity index is 1.84. The number of hydrogen-bond acceptors (Lipinski definition) is 4. The van der Waals surface area contributed by atoms with E-state index >= 15 is 0 Å². The summed E-state index contributed by atoms with van der Waals surface area (Å²) < 4.78 is 0. The quantitative estimate of drug-likeness (QED) is 0.576. The Morgan fingerprint density at radius 2 is 1.80 bits per heavy atom. The van der Waals surface area contributed by atoms with Crippen molar-refractivity contribution in [2.45, 2.75) is 26.8 Å². The van der Waals surface area contributed by atoms with Crippen LogP contribution < -0.4 is 5.73 Å². The van der Waals surface area contributed by atoms with Crippen LogP contribution in [-0.4, -0.2) is 25.5 Å². The predicted octanol–water partition coefficient (Wildman–Crippen LogP) is 4.91. The van der Waals surface area contributed by atoms with Gasteiger partial charge in [-0.1, -0.05) is 62.4 Å². The normalized spacial score (nSPS) is 12.1. The summed E-state index contributed by atoms with van der Waals surface area (Å²) in [6.45, 7) is 5.29. The third-order valence-electron chi connectivity index (χ3n) is 5.20. The zero-order valence-electron chi connectivity index (χ0n) is 17.9. The molecule has 0 spiro atoms. The van der Waals surface area contributed by atoms with E-state index in [0.29, 0.717) is 19.0 Å². The fourth-order valence-corrected chi connectivity index (χ4v) is 3.67. The van der Waals surface area contributed by atoms with Crippen molar-refractivity contribution in [3.05, 3.63) is 82.4 Å². The fourth-order valence-electron chi connectivity index (χ4n) is 3.67. The van der Waals surface area contributed by atoms with Crippen molar-refractivity contribution in [2.24, 2.45) is 21.6 Å². The molecule has 0 saturated heterocycles. The van der Waals surface area contributed by atoms with Crippen molar-refractivity contribution in [3.8, 4) is 6.07 Å². The van der Waals surface area contributed by atoms with Crippen molar-refractivity contribution < 1.29 is 0 Å². The maximum atomic E-state index is 9.55. The van der Waals surface area contributed by atoms with E-state index < -0.39 is 0 Å². The van der Waals surface area contributed by atoms with E-state index in [1.165, 1.54) is 0 Å². The number of hydrogen-bond donors (Lipinski definition) is 1. The summed E-state index contributed by atoms with van der Waals surface area (Å²) in [4.78, 5) is 9.07. The minimum atomic E-state index is 0.456. The summed E-state index contributed by atoms with van der Waals surface area (Å²) >= 11 is 0. The lowest BCUT2D eigenvalue weighted by Crippen LogP contribution is -2.08. The van der Waals surface area contributed by atoms with Crippen molar-refractivity contribution in [1.82, 2.24) is 0 Å². The van der Waals surface area contributed by atoms with Gasteiger partial charge in [-0.05, 0) is 45.9 Å². The molecule has 2 N–H and O–H groups in total. The standard InChI is InChI=1S/C26H28N4/c1-18(2)12-19-8-9-20(13-23(19)15-28)26(29-3)17-30-16-22-11-10-21(14-27)24-6-4-5-7-25(22)24/h4-11,13,16,18H,12,14,17,27H2,1-3H3/b29-26+,30-16+. The average molecular weight is 397 g/mol. The van der Waals surface area contributed by atoms with E-state index in [2.05, 4.69) is 54.2 Å². The van der Waals surface area contributed by atoms with Crippen molar-refractivity contribution in [1.29, 1.82) is 5.26 Å². The molecule has 3 rings (SSSR count). The highest BCUT2D eigenvalue weighted by molar-refractivity contribution is 6.05. The van der Waals surface area contributed by atoms with Gasteiger partial charge in [-0.3, -0.25) is 9.98 Å². The summed E-state index contributed by atoms with van der Waals surface area (Å²) in [5.74, 6) is 0.507. The summed E-state index contributed by atoms with van der Waals surface area (Å²) in [5.41, 5.74) is 11.7. The SMILES string of the molecule is C/N=C(\C/N=C/c1ccc(CN)c2ccccc12)c1ccc(CC(C)C)c(C#N)c1. The van der Waals surface area contributed by atoms with E-state index in [1.54, 1.807) is 7.05 Å². The first-order chi connectivity index (χ1) is 14.6. The van der Waals surface area contributed by atoms with E-state index in [-0.39, 0.29) is 0 Å². The van der Waals surface area contributed by atoms with Crippen LogP contribution in [0.1, 0.15) is 41.7 Å². The topological polar surface area (TPSA) is 74.5 Å². The Morgan fingerprint density at radius 3 is 2.47 bits per heavy atom. The molecular weight excluding hydrogens is 368 g/mol. The number of fused-ring (bicyclic) bond motifs is 1. The van der Waals surface area contributed by atoms with Gasteiger partial charge in [-0.15, -0.1) is 0 Å². The molecule has 3 aromatic carbocycles. The van der Waals surface area contributed by atoms with Gasteiger partial charge >= 0.3 is 0 Å². The van der Waals surface area contributed by atoms with E-state index in [0.717, 1.165) is 50.7 Å². The van der Waals surface area contributed by atoms with E-state index in [9.17, 15) is 5.26 Å². The van der Waals surface area contributed by atoms with Crippen LogP contribution in [0.4, 0.5) is 0 Å². The van der Waals surface area contributed by atoms with Crippen LogP contribution in [0.25, 0.3) is 10.8 Å². The van der Waals surface area contributed by atoms with Gasteiger partial charge in [0.2, 0.25) is 0 Å². The summed E-state index contributed by atoms with van der Waals surface area (Å²) in [6.07, 6.45) is 2.79. The molecular formula is C26H28N4. The maximum absolute atomic E-state index is 9.55. The second kappa shape index (κ2) is 9.96. The number of benzene rings is 3. The minimum absolute atomic E-state index is 0.456. The molecule has 0 heterocycles. The Bertz CT molecular complexity index is 1130. The van der Waals surface area contributed by atoms with Gasteiger partial charge in [-0.25, -0.2) is 0 Å². The molecule has 0 saturated carbocycles. The third-order valence-corrected chi connectivity index (χ3v) is 5.20. The number of nitriles is 1. The van der Waals surface area contributed by atoms with Crippen molar-refractivity contribution >= 4 is 22.7 Å². The maximum Gasteiger partial charge on any atom is 0.0994 e. The Morgan fingerprint density at radius 1 is 1.07 bits per heavy atom. The second-order valence-electron chi connectivity index (χ2n) is 7.79. The Hall–Kier alpha value is -3.29. The summed E-state index contributed by atoms with van der Waals surface area (Å²) in [7, 11) is 1.77. The molecule has 0 aromatic heterocycles. The highest BCUT2D eigenvalue weighted by Crippen LogP contribution is 2.22. The van der Waals surface area contributed by atoms with Gasteiger partial charge in [0.25, 0.3) is 0 Å². The van der Waals surface area contributed by atoms with Gasteiger partial charge in [0.1, 0.15) is 0 Å². The molecule has 0 aliphatic heterocycles. The zero-order chi connectivity index (χ0) is 21.5. The highest BCUT2D eigenvalue weighted by atomic mass is 14.8. The molecule has 0 amide bonds. The number of nitrogens with two attached hydrogens (primary N) is 1. The van der Waals surface area contributed by atoms with Gasteiger partial charge in [0.15, 0.2) is 0 Å². The lowest BCUT2D eigenvalue weighted by molar-refractivity contribution is 0.646. The molecule has 0 atom stereocenters. The lowest BCUT2D eigenvalue weighted by Gasteiger charge is -2.10. The molecule has 4 heteroatoms. The molecule has 0 bridgehead atoms. The molecule has 0 fully saturated rings. The molecule has 152 valence electrons. The smallest absolute Gasteiger partial charge is 0.0994 e. The summed E-state index contributed by atoms with van der Waals surface area (Å²) in [5, 5.41) is 11.9. The second-order valence-corrected chi connectivity index (χ2v) is 7.79. The van der Waals surface area contributed by atoms with Gasteiger partial charge in [0, 0.05) is 25.4 Å². The van der Waals surface area contributed by atoms with Gasteiger partial charge < -0.3 is 5.73 Å². The van der Waals surface area contributed by atoms with Crippen LogP contribution in [0.5, 0.6) is 0 Å². The summed E-state index contributed by atoms with van der Waals surface area (Å²) in [6, 6.07) is 20.7. The third kappa shape index (κ3) is 4.82. The zero-order valence-corrected chi connectivity index (χ0v) is 17.9. The van der Waals surface area contributed by atoms with Crippen LogP contribution in [0.15, 0.2) is 64.6 Å². The van der Waals surface area contributed by atoms with Crippen LogP contribution in [0.3, 0.4) is 0 Å². The largest absolute Gasteiger partial charge is 0.326 e. The van der Waals surface area contributed by atoms with Crippen LogP contribution >= 0.6 is 0 Å². The number of rotatable bonds is 7. The first-order valence-corrected chi connectivity index (χ1v) is 10.3. The van der Waals surface area contributed by atoms with Gasteiger partial charge in [0.05, 0.1) is 23.9 Å². The fraction of sp³-hybridized carbons (Fsp3) is 0.269. The average Bonchev–Trinajstić information content (AvgIpc) is 2.76. The first-order valence-electron chi connectivity index (χ1n) is 10.3. The highest BCUT2D eigenvalue weighted by Gasteiger charge is 2.09. The lowest BCUT2D eigenvalue weighted by atomic mass is 9.95. The van der Waals surface area contributed by atoms with Crippen molar-refractivity contribution in [2.75, 3.05) is 13.6 Å².